The molecular formula is C9H13ClN2. The summed E-state index contributed by atoms with van der Waals surface area (Å²) in [6.45, 7) is 3.96. The molecule has 1 heterocycles. The Morgan fingerprint density at radius 2 is 2.25 bits per heavy atom. The highest BCUT2D eigenvalue weighted by molar-refractivity contribution is 6.29. The van der Waals surface area contributed by atoms with Gasteiger partial charge >= 0.3 is 0 Å². The minimum atomic E-state index is 0.0733. The summed E-state index contributed by atoms with van der Waals surface area (Å²) in [5.74, 6) is 0. The van der Waals surface area contributed by atoms with Crippen molar-refractivity contribution < 1.29 is 0 Å². The summed E-state index contributed by atoms with van der Waals surface area (Å²) in [6, 6.07) is 3.87. The molecule has 3 heteroatoms. The molecule has 0 amide bonds. The quantitative estimate of drug-likeness (QED) is 0.718. The van der Waals surface area contributed by atoms with Gasteiger partial charge in [0.05, 0.1) is 0 Å². The van der Waals surface area contributed by atoms with Gasteiger partial charge in [-0.25, -0.2) is 4.98 Å². The zero-order valence-corrected chi connectivity index (χ0v) is 8.10. The van der Waals surface area contributed by atoms with Crippen LogP contribution in [0.15, 0.2) is 12.1 Å². The lowest BCUT2D eigenvalue weighted by atomic mass is 10.1. The Labute approximate surface area is 77.8 Å². The van der Waals surface area contributed by atoms with Gasteiger partial charge in [0, 0.05) is 11.7 Å². The second-order valence-electron chi connectivity index (χ2n) is 2.88. The monoisotopic (exact) mass is 184 g/mol. The van der Waals surface area contributed by atoms with Crippen molar-refractivity contribution >= 4 is 11.6 Å². The Morgan fingerprint density at radius 1 is 1.58 bits per heavy atom. The van der Waals surface area contributed by atoms with E-state index in [2.05, 4.69) is 4.98 Å². The number of hydrogen-bond donors (Lipinski definition) is 1. The predicted molar refractivity (Wildman–Crippen MR) is 51.2 cm³/mol. The average Bonchev–Trinajstić information content (AvgIpc) is 2.01. The van der Waals surface area contributed by atoms with Gasteiger partial charge in [-0.1, -0.05) is 18.5 Å². The van der Waals surface area contributed by atoms with Gasteiger partial charge in [0.1, 0.15) is 5.15 Å². The second kappa shape index (κ2) is 3.87. The van der Waals surface area contributed by atoms with Crippen LogP contribution in [0, 0.1) is 6.92 Å². The Bertz CT molecular complexity index is 253. The van der Waals surface area contributed by atoms with Crippen LogP contribution in [0.4, 0.5) is 0 Å². The highest BCUT2D eigenvalue weighted by Crippen LogP contribution is 2.17. The van der Waals surface area contributed by atoms with Gasteiger partial charge in [0.25, 0.3) is 0 Å². The van der Waals surface area contributed by atoms with Crippen LogP contribution in [0.3, 0.4) is 0 Å². The van der Waals surface area contributed by atoms with Crippen LogP contribution in [0.5, 0.6) is 0 Å². The Balaban J connectivity index is 3.00. The molecule has 0 saturated heterocycles. The van der Waals surface area contributed by atoms with Crippen LogP contribution in [0.25, 0.3) is 0 Å². The van der Waals surface area contributed by atoms with E-state index in [-0.39, 0.29) is 6.04 Å². The first-order valence-corrected chi connectivity index (χ1v) is 4.41. The van der Waals surface area contributed by atoms with Gasteiger partial charge in [-0.2, -0.15) is 0 Å². The van der Waals surface area contributed by atoms with Gasteiger partial charge in [-0.3, -0.25) is 0 Å². The molecule has 0 spiro atoms. The van der Waals surface area contributed by atoms with E-state index in [4.69, 9.17) is 17.3 Å². The smallest absolute Gasteiger partial charge is 0.129 e. The third-order valence-electron chi connectivity index (χ3n) is 1.81. The number of halogens is 1. The van der Waals surface area contributed by atoms with Crippen molar-refractivity contribution in [2.45, 2.75) is 26.3 Å². The first-order valence-electron chi connectivity index (χ1n) is 4.03. The van der Waals surface area contributed by atoms with Crippen LogP contribution >= 0.6 is 11.6 Å². The second-order valence-corrected chi connectivity index (χ2v) is 3.27. The maximum atomic E-state index is 5.85. The van der Waals surface area contributed by atoms with Crippen molar-refractivity contribution in [3.63, 3.8) is 0 Å². The van der Waals surface area contributed by atoms with Crippen molar-refractivity contribution in [3.8, 4) is 0 Å². The lowest BCUT2D eigenvalue weighted by molar-refractivity contribution is 0.696. The molecule has 12 heavy (non-hydrogen) atoms. The van der Waals surface area contributed by atoms with E-state index in [0.29, 0.717) is 5.15 Å². The molecule has 0 aliphatic heterocycles. The van der Waals surface area contributed by atoms with E-state index in [1.54, 1.807) is 0 Å². The molecule has 1 aromatic rings. The largest absolute Gasteiger partial charge is 0.324 e. The van der Waals surface area contributed by atoms with Gasteiger partial charge in [0.2, 0.25) is 0 Å². The summed E-state index contributed by atoms with van der Waals surface area (Å²) >= 11 is 5.78. The summed E-state index contributed by atoms with van der Waals surface area (Å²) in [5, 5.41) is 0.522. The fourth-order valence-electron chi connectivity index (χ4n) is 1.10. The number of hydrogen-bond acceptors (Lipinski definition) is 2. The van der Waals surface area contributed by atoms with Crippen LogP contribution in [-0.2, 0) is 0 Å². The molecule has 1 aromatic heterocycles. The molecule has 0 aromatic carbocycles. The van der Waals surface area contributed by atoms with Gasteiger partial charge < -0.3 is 5.73 Å². The van der Waals surface area contributed by atoms with Gasteiger partial charge in [-0.15, -0.1) is 0 Å². The van der Waals surface area contributed by atoms with Crippen molar-refractivity contribution in [1.29, 1.82) is 0 Å². The first kappa shape index (κ1) is 9.49. The molecule has 0 fully saturated rings. The van der Waals surface area contributed by atoms with Crippen LogP contribution in [0.1, 0.15) is 30.6 Å². The highest BCUT2D eigenvalue weighted by Gasteiger charge is 2.04. The fourth-order valence-corrected chi connectivity index (χ4v) is 1.36. The van der Waals surface area contributed by atoms with E-state index >= 15 is 0 Å². The normalized spacial score (nSPS) is 13.0. The molecule has 1 atom stereocenters. The highest BCUT2D eigenvalue weighted by atomic mass is 35.5. The van der Waals surface area contributed by atoms with Crippen LogP contribution in [-0.4, -0.2) is 4.98 Å². The number of aryl methyl sites for hydroxylation is 1. The topological polar surface area (TPSA) is 38.9 Å². The summed E-state index contributed by atoms with van der Waals surface area (Å²) in [7, 11) is 0. The van der Waals surface area contributed by atoms with E-state index < -0.39 is 0 Å². The Hall–Kier alpha value is -0.600. The van der Waals surface area contributed by atoms with Crippen molar-refractivity contribution in [1.82, 2.24) is 4.98 Å². The number of pyridine rings is 1. The molecular weight excluding hydrogens is 172 g/mol. The van der Waals surface area contributed by atoms with Crippen LogP contribution < -0.4 is 5.73 Å². The zero-order chi connectivity index (χ0) is 9.14. The zero-order valence-electron chi connectivity index (χ0n) is 7.34. The van der Waals surface area contributed by atoms with E-state index in [9.17, 15) is 0 Å². The summed E-state index contributed by atoms with van der Waals surface area (Å²) in [6.07, 6.45) is 0.916. The summed E-state index contributed by atoms with van der Waals surface area (Å²) < 4.78 is 0. The molecule has 2 N–H and O–H groups in total. The molecule has 0 aliphatic carbocycles. The first-order chi connectivity index (χ1) is 5.63. The van der Waals surface area contributed by atoms with E-state index in [1.807, 2.05) is 26.0 Å². The lowest BCUT2D eigenvalue weighted by Gasteiger charge is -2.09. The van der Waals surface area contributed by atoms with Crippen LogP contribution in [0.2, 0.25) is 5.15 Å². The average molecular weight is 185 g/mol. The van der Waals surface area contributed by atoms with Crippen molar-refractivity contribution in [3.05, 3.63) is 28.5 Å². The standard InChI is InChI=1S/C9H13ClN2/c1-3-8(11)7-4-6(2)12-9(10)5-7/h4-5,8H,3,11H2,1-2H3/t8-/m0/s1. The Kier molecular flexibility index (Phi) is 3.06. The van der Waals surface area contributed by atoms with Gasteiger partial charge in [-0.05, 0) is 31.0 Å². The van der Waals surface area contributed by atoms with Gasteiger partial charge in [0.15, 0.2) is 0 Å². The van der Waals surface area contributed by atoms with Crippen molar-refractivity contribution in [2.24, 2.45) is 5.73 Å². The molecule has 2 nitrogen and oxygen atoms in total. The summed E-state index contributed by atoms with van der Waals surface area (Å²) in [4.78, 5) is 4.06. The molecule has 0 aliphatic rings. The number of nitrogens with two attached hydrogens (primary N) is 1. The fraction of sp³-hybridized carbons (Fsp3) is 0.444. The maximum Gasteiger partial charge on any atom is 0.129 e. The molecule has 1 rings (SSSR count). The Morgan fingerprint density at radius 3 is 2.75 bits per heavy atom. The third kappa shape index (κ3) is 2.19. The molecule has 0 saturated carbocycles. The molecule has 0 bridgehead atoms. The molecule has 0 unspecified atom stereocenters. The minimum absolute atomic E-state index is 0.0733. The number of nitrogens with zero attached hydrogens (tertiary/aromatic N) is 1. The SMILES string of the molecule is CC[C@H](N)c1cc(C)nc(Cl)c1. The molecule has 66 valence electrons. The third-order valence-corrected chi connectivity index (χ3v) is 2.01. The lowest BCUT2D eigenvalue weighted by Crippen LogP contribution is -2.09. The van der Waals surface area contributed by atoms with E-state index in [0.717, 1.165) is 17.7 Å². The molecule has 0 radical (unpaired) electrons. The number of aromatic nitrogens is 1. The summed E-state index contributed by atoms with van der Waals surface area (Å²) in [5.41, 5.74) is 7.83. The number of rotatable bonds is 2. The van der Waals surface area contributed by atoms with E-state index in [1.165, 1.54) is 0 Å². The van der Waals surface area contributed by atoms with Crippen molar-refractivity contribution in [2.75, 3.05) is 0 Å². The predicted octanol–water partition coefficient (Wildman–Crippen LogP) is 2.45. The maximum absolute atomic E-state index is 5.85. The minimum Gasteiger partial charge on any atom is -0.324 e.